The number of nitrogens with one attached hydrogen (secondary N) is 1. The Morgan fingerprint density at radius 3 is 2.20 bits per heavy atom. The van der Waals surface area contributed by atoms with Crippen molar-refractivity contribution in [2.75, 3.05) is 26.2 Å². The molecule has 2 saturated heterocycles. The summed E-state index contributed by atoms with van der Waals surface area (Å²) in [5.41, 5.74) is -2.46. The summed E-state index contributed by atoms with van der Waals surface area (Å²) in [5.74, 6) is 0. The van der Waals surface area contributed by atoms with Crippen LogP contribution in [0.15, 0.2) is 0 Å². The molecular weight excluding hydrogens is 209 g/mol. The summed E-state index contributed by atoms with van der Waals surface area (Å²) in [6.45, 7) is 1.18. The summed E-state index contributed by atoms with van der Waals surface area (Å²) in [6, 6.07) is 0.203. The van der Waals surface area contributed by atoms with E-state index in [0.717, 1.165) is 25.9 Å². The highest BCUT2D eigenvalue weighted by Crippen LogP contribution is 2.39. The molecule has 15 heavy (non-hydrogen) atoms. The minimum absolute atomic E-state index is 0.203. The molecule has 3 nitrogen and oxygen atoms in total. The molecule has 88 valence electrons. The van der Waals surface area contributed by atoms with E-state index < -0.39 is 11.8 Å². The molecule has 0 aliphatic carbocycles. The molecule has 2 N–H and O–H groups in total. The largest absolute Gasteiger partial charge is 0.419 e. The van der Waals surface area contributed by atoms with E-state index in [1.165, 1.54) is 0 Å². The Kier molecular flexibility index (Phi) is 2.68. The van der Waals surface area contributed by atoms with E-state index in [9.17, 15) is 18.3 Å². The number of hydrogen-bond acceptors (Lipinski definition) is 3. The van der Waals surface area contributed by atoms with Gasteiger partial charge in [-0.2, -0.15) is 13.2 Å². The van der Waals surface area contributed by atoms with Gasteiger partial charge in [0.1, 0.15) is 0 Å². The van der Waals surface area contributed by atoms with Crippen molar-refractivity contribution in [1.82, 2.24) is 10.2 Å². The van der Waals surface area contributed by atoms with Gasteiger partial charge in [0.25, 0.3) is 0 Å². The first-order valence-electron chi connectivity index (χ1n) is 5.16. The van der Waals surface area contributed by atoms with Gasteiger partial charge in [0.2, 0.25) is 0 Å². The van der Waals surface area contributed by atoms with E-state index in [1.807, 2.05) is 0 Å². The van der Waals surface area contributed by atoms with Crippen molar-refractivity contribution in [3.63, 3.8) is 0 Å². The maximum atomic E-state index is 12.3. The third kappa shape index (κ3) is 1.98. The molecule has 0 aromatic carbocycles. The number of aliphatic hydroxyl groups is 1. The summed E-state index contributed by atoms with van der Waals surface area (Å²) in [5, 5.41) is 12.4. The third-order valence-corrected chi connectivity index (χ3v) is 3.28. The number of likely N-dealkylation sites (tertiary alicyclic amines) is 1. The lowest BCUT2D eigenvalue weighted by Gasteiger charge is -2.51. The molecule has 0 radical (unpaired) electrons. The Labute approximate surface area is 86.2 Å². The molecule has 0 bridgehead atoms. The van der Waals surface area contributed by atoms with Gasteiger partial charge < -0.3 is 10.4 Å². The van der Waals surface area contributed by atoms with E-state index >= 15 is 0 Å². The number of halogens is 3. The summed E-state index contributed by atoms with van der Waals surface area (Å²) in [7, 11) is 0. The summed E-state index contributed by atoms with van der Waals surface area (Å²) < 4.78 is 37.0. The Balaban J connectivity index is 1.86. The topological polar surface area (TPSA) is 35.5 Å². The van der Waals surface area contributed by atoms with E-state index in [-0.39, 0.29) is 19.1 Å². The third-order valence-electron chi connectivity index (χ3n) is 3.28. The lowest BCUT2D eigenvalue weighted by molar-refractivity contribution is -0.306. The van der Waals surface area contributed by atoms with Gasteiger partial charge in [0.05, 0.1) is 0 Å². The van der Waals surface area contributed by atoms with Gasteiger partial charge in [-0.15, -0.1) is 0 Å². The molecule has 0 aromatic heterocycles. The molecule has 2 heterocycles. The highest BCUT2D eigenvalue weighted by Gasteiger charge is 2.61. The molecular formula is C9H15F3N2O. The van der Waals surface area contributed by atoms with Crippen LogP contribution in [0.4, 0.5) is 13.2 Å². The SMILES string of the molecule is OC1(C(F)(F)F)CN(C2CCNCC2)C1. The maximum absolute atomic E-state index is 12.3. The van der Waals surface area contributed by atoms with Crippen LogP contribution in [0.5, 0.6) is 0 Å². The summed E-state index contributed by atoms with van der Waals surface area (Å²) in [6.07, 6.45) is -2.75. The van der Waals surface area contributed by atoms with Crippen LogP contribution in [0.2, 0.25) is 0 Å². The summed E-state index contributed by atoms with van der Waals surface area (Å²) >= 11 is 0. The second-order valence-electron chi connectivity index (χ2n) is 4.42. The first-order valence-corrected chi connectivity index (χ1v) is 5.16. The van der Waals surface area contributed by atoms with E-state index in [4.69, 9.17) is 0 Å². The van der Waals surface area contributed by atoms with Crippen LogP contribution in [0.1, 0.15) is 12.8 Å². The number of nitrogens with zero attached hydrogens (tertiary/aromatic N) is 1. The Morgan fingerprint density at radius 2 is 1.73 bits per heavy atom. The van der Waals surface area contributed by atoms with Crippen molar-refractivity contribution in [2.24, 2.45) is 0 Å². The second kappa shape index (κ2) is 3.61. The monoisotopic (exact) mass is 224 g/mol. The average molecular weight is 224 g/mol. The highest BCUT2D eigenvalue weighted by molar-refractivity contribution is 5.03. The zero-order valence-corrected chi connectivity index (χ0v) is 8.35. The van der Waals surface area contributed by atoms with Gasteiger partial charge in [0, 0.05) is 19.1 Å². The zero-order valence-electron chi connectivity index (χ0n) is 8.35. The Hall–Kier alpha value is -0.330. The zero-order chi connectivity index (χ0) is 11.1. The Morgan fingerprint density at radius 1 is 1.20 bits per heavy atom. The fraction of sp³-hybridized carbons (Fsp3) is 1.00. The predicted molar refractivity (Wildman–Crippen MR) is 48.5 cm³/mol. The lowest BCUT2D eigenvalue weighted by Crippen LogP contribution is -2.71. The first-order chi connectivity index (χ1) is 6.92. The second-order valence-corrected chi connectivity index (χ2v) is 4.42. The van der Waals surface area contributed by atoms with Crippen LogP contribution in [0.25, 0.3) is 0 Å². The smallest absolute Gasteiger partial charge is 0.378 e. The number of rotatable bonds is 1. The van der Waals surface area contributed by atoms with Gasteiger partial charge in [-0.3, -0.25) is 4.90 Å². The minimum Gasteiger partial charge on any atom is -0.378 e. The van der Waals surface area contributed by atoms with Crippen LogP contribution in [-0.4, -0.2) is 54.0 Å². The minimum atomic E-state index is -4.49. The molecule has 0 spiro atoms. The van der Waals surface area contributed by atoms with Gasteiger partial charge in [-0.25, -0.2) is 0 Å². The molecule has 2 fully saturated rings. The van der Waals surface area contributed by atoms with Crippen molar-refractivity contribution >= 4 is 0 Å². The number of β-amino-alcohol motifs (C(OH)–C–C–N with tert-alkyl or cyclic N) is 1. The Bertz CT molecular complexity index is 232. The standard InChI is InChI=1S/C9H15F3N2O/c10-9(11,12)8(15)5-14(6-8)7-1-3-13-4-2-7/h7,13,15H,1-6H2. The molecule has 0 saturated carbocycles. The molecule has 0 aromatic rings. The fourth-order valence-electron chi connectivity index (χ4n) is 2.23. The van der Waals surface area contributed by atoms with Crippen LogP contribution in [0.3, 0.4) is 0 Å². The van der Waals surface area contributed by atoms with E-state index in [1.54, 1.807) is 4.90 Å². The van der Waals surface area contributed by atoms with Gasteiger partial charge >= 0.3 is 6.18 Å². The molecule has 0 amide bonds. The molecule has 0 unspecified atom stereocenters. The molecule has 0 atom stereocenters. The normalized spacial score (nSPS) is 28.8. The highest BCUT2D eigenvalue weighted by atomic mass is 19.4. The van der Waals surface area contributed by atoms with Crippen LogP contribution < -0.4 is 5.32 Å². The van der Waals surface area contributed by atoms with Crippen molar-refractivity contribution in [3.8, 4) is 0 Å². The number of alkyl halides is 3. The van der Waals surface area contributed by atoms with Gasteiger partial charge in [-0.1, -0.05) is 0 Å². The van der Waals surface area contributed by atoms with E-state index in [2.05, 4.69) is 5.32 Å². The number of hydrogen-bond donors (Lipinski definition) is 2. The maximum Gasteiger partial charge on any atom is 0.419 e. The molecule has 2 aliphatic rings. The van der Waals surface area contributed by atoms with Gasteiger partial charge in [-0.05, 0) is 25.9 Å². The van der Waals surface area contributed by atoms with Crippen molar-refractivity contribution in [1.29, 1.82) is 0 Å². The molecule has 2 aliphatic heterocycles. The number of piperidine rings is 1. The lowest BCUT2D eigenvalue weighted by atomic mass is 9.89. The van der Waals surface area contributed by atoms with Crippen molar-refractivity contribution < 1.29 is 18.3 Å². The average Bonchev–Trinajstić information content (AvgIpc) is 2.12. The van der Waals surface area contributed by atoms with Gasteiger partial charge in [0.15, 0.2) is 5.60 Å². The summed E-state index contributed by atoms with van der Waals surface area (Å²) in [4.78, 5) is 1.73. The molecule has 6 heteroatoms. The first kappa shape index (κ1) is 11.2. The quantitative estimate of drug-likeness (QED) is 0.674. The predicted octanol–water partition coefficient (Wildman–Crippen LogP) is 0.347. The fourth-order valence-corrected chi connectivity index (χ4v) is 2.23. The molecule has 2 rings (SSSR count). The van der Waals surface area contributed by atoms with E-state index in [0.29, 0.717) is 0 Å². The van der Waals surface area contributed by atoms with Crippen LogP contribution >= 0.6 is 0 Å². The van der Waals surface area contributed by atoms with Crippen molar-refractivity contribution in [2.45, 2.75) is 30.7 Å². The van der Waals surface area contributed by atoms with Crippen LogP contribution in [0, 0.1) is 0 Å². The van der Waals surface area contributed by atoms with Crippen LogP contribution in [-0.2, 0) is 0 Å². The van der Waals surface area contributed by atoms with Crippen molar-refractivity contribution in [3.05, 3.63) is 0 Å².